The molecule has 1 fully saturated rings. The molecule has 1 aromatic carbocycles. The first-order valence-electron chi connectivity index (χ1n) is 10.7. The molecule has 3 heterocycles. The summed E-state index contributed by atoms with van der Waals surface area (Å²) in [5, 5.41) is 5.28. The molecule has 0 atom stereocenters. The Hall–Kier alpha value is -3.04. The Kier molecular flexibility index (Phi) is 6.96. The van der Waals surface area contributed by atoms with Gasteiger partial charge in [-0.05, 0) is 50.6 Å². The summed E-state index contributed by atoms with van der Waals surface area (Å²) < 4.78 is 5.92. The fourth-order valence-corrected chi connectivity index (χ4v) is 4.21. The normalized spacial score (nSPS) is 14.6. The zero-order chi connectivity index (χ0) is 22.5. The molecule has 3 aromatic rings. The second-order valence-corrected chi connectivity index (χ2v) is 8.94. The molecule has 0 saturated carbocycles. The van der Waals surface area contributed by atoms with E-state index in [9.17, 15) is 4.79 Å². The van der Waals surface area contributed by atoms with Gasteiger partial charge in [0, 0.05) is 56.1 Å². The number of aromatic nitrogens is 3. The number of thiazole rings is 1. The molecular formula is C23H28N6O2S. The molecule has 4 rings (SSSR count). The van der Waals surface area contributed by atoms with Crippen LogP contribution in [0, 0.1) is 6.92 Å². The Morgan fingerprint density at radius 2 is 1.97 bits per heavy atom. The van der Waals surface area contributed by atoms with Gasteiger partial charge in [0.1, 0.15) is 17.4 Å². The van der Waals surface area contributed by atoms with E-state index in [-0.39, 0.29) is 12.0 Å². The lowest BCUT2D eigenvalue weighted by atomic mass is 10.1. The summed E-state index contributed by atoms with van der Waals surface area (Å²) in [5.41, 5.74) is 1.63. The maximum atomic E-state index is 12.8. The topological polar surface area (TPSA) is 83.5 Å². The summed E-state index contributed by atoms with van der Waals surface area (Å²) >= 11 is 1.40. The Morgan fingerprint density at radius 3 is 2.66 bits per heavy atom. The van der Waals surface area contributed by atoms with E-state index in [0.717, 1.165) is 49.9 Å². The zero-order valence-corrected chi connectivity index (χ0v) is 19.4. The second-order valence-electron chi connectivity index (χ2n) is 8.05. The minimum Gasteiger partial charge on any atom is -0.491 e. The summed E-state index contributed by atoms with van der Waals surface area (Å²) in [6, 6.07) is 7.72. The lowest BCUT2D eigenvalue weighted by molar-refractivity contribution is 0.102. The number of amides is 1. The molecule has 1 saturated heterocycles. The number of anilines is 2. The molecule has 1 aliphatic rings. The highest BCUT2D eigenvalue weighted by Gasteiger charge is 2.20. The van der Waals surface area contributed by atoms with Gasteiger partial charge in [-0.3, -0.25) is 15.0 Å². The van der Waals surface area contributed by atoms with Crippen LogP contribution in [0.1, 0.15) is 35.6 Å². The first-order chi connectivity index (χ1) is 15.5. The van der Waals surface area contributed by atoms with Crippen LogP contribution in [-0.4, -0.2) is 58.0 Å². The molecule has 168 valence electrons. The smallest absolute Gasteiger partial charge is 0.257 e. The van der Waals surface area contributed by atoms with Crippen LogP contribution in [0.15, 0.2) is 42.0 Å². The predicted octanol–water partition coefficient (Wildman–Crippen LogP) is 3.60. The number of nitrogens with zero attached hydrogens (tertiary/aromatic N) is 5. The third-order valence-electron chi connectivity index (χ3n) is 5.12. The van der Waals surface area contributed by atoms with E-state index >= 15 is 0 Å². The molecule has 0 spiro atoms. The van der Waals surface area contributed by atoms with Crippen LogP contribution in [0.2, 0.25) is 0 Å². The van der Waals surface area contributed by atoms with Crippen molar-refractivity contribution in [3.8, 4) is 5.75 Å². The summed E-state index contributed by atoms with van der Waals surface area (Å²) in [6.07, 6.45) is 3.51. The SMILES string of the molecule is Cc1nccc(N2CCN(Cc3cc(OC(C)C)cc(C(=O)Nc4nccs4)c3)CC2)n1. The van der Waals surface area contributed by atoms with Gasteiger partial charge in [0.2, 0.25) is 0 Å². The Bertz CT molecular complexity index is 1050. The third-order valence-corrected chi connectivity index (χ3v) is 5.81. The number of benzene rings is 1. The first kappa shape index (κ1) is 22.2. The highest BCUT2D eigenvalue weighted by molar-refractivity contribution is 7.13. The van der Waals surface area contributed by atoms with E-state index in [0.29, 0.717) is 16.4 Å². The number of carbonyl (C=O) groups excluding carboxylic acids is 1. The monoisotopic (exact) mass is 452 g/mol. The van der Waals surface area contributed by atoms with Crippen molar-refractivity contribution >= 4 is 28.2 Å². The zero-order valence-electron chi connectivity index (χ0n) is 18.6. The minimum absolute atomic E-state index is 0.0278. The highest BCUT2D eigenvalue weighted by atomic mass is 32.1. The minimum atomic E-state index is -0.181. The molecule has 32 heavy (non-hydrogen) atoms. The van der Waals surface area contributed by atoms with Crippen molar-refractivity contribution in [3.63, 3.8) is 0 Å². The number of aryl methyl sites for hydroxylation is 1. The number of hydrogen-bond donors (Lipinski definition) is 1. The van der Waals surface area contributed by atoms with Crippen LogP contribution in [0.5, 0.6) is 5.75 Å². The van der Waals surface area contributed by atoms with Gasteiger partial charge in [0.15, 0.2) is 5.13 Å². The van der Waals surface area contributed by atoms with E-state index in [2.05, 4.69) is 30.1 Å². The van der Waals surface area contributed by atoms with E-state index in [4.69, 9.17) is 4.74 Å². The molecule has 0 bridgehead atoms. The standard InChI is InChI=1S/C23H28N6O2S/c1-16(2)31-20-13-18(12-19(14-20)22(30)27-23-25-6-11-32-23)15-28-7-9-29(10-8-28)21-4-5-24-17(3)26-21/h4-6,11-14,16H,7-10,15H2,1-3H3,(H,25,27,30). The maximum Gasteiger partial charge on any atom is 0.257 e. The van der Waals surface area contributed by atoms with Crippen LogP contribution >= 0.6 is 11.3 Å². The van der Waals surface area contributed by atoms with E-state index < -0.39 is 0 Å². The Balaban J connectivity index is 1.44. The van der Waals surface area contributed by atoms with Gasteiger partial charge in [-0.2, -0.15) is 0 Å². The number of nitrogens with one attached hydrogen (secondary N) is 1. The summed E-state index contributed by atoms with van der Waals surface area (Å²) in [7, 11) is 0. The highest BCUT2D eigenvalue weighted by Crippen LogP contribution is 2.23. The van der Waals surface area contributed by atoms with Crippen molar-refractivity contribution in [1.29, 1.82) is 0 Å². The average molecular weight is 453 g/mol. The molecule has 1 aliphatic heterocycles. The third kappa shape index (κ3) is 5.80. The molecule has 2 aromatic heterocycles. The quantitative estimate of drug-likeness (QED) is 0.586. The number of carbonyl (C=O) groups is 1. The van der Waals surface area contributed by atoms with Gasteiger partial charge < -0.3 is 9.64 Å². The van der Waals surface area contributed by atoms with Crippen LogP contribution in [0.3, 0.4) is 0 Å². The molecule has 1 N–H and O–H groups in total. The maximum absolute atomic E-state index is 12.8. The van der Waals surface area contributed by atoms with Gasteiger partial charge >= 0.3 is 0 Å². The van der Waals surface area contributed by atoms with Gasteiger partial charge in [-0.1, -0.05) is 0 Å². The van der Waals surface area contributed by atoms with Crippen LogP contribution in [0.4, 0.5) is 10.9 Å². The average Bonchev–Trinajstić information content (AvgIpc) is 3.27. The van der Waals surface area contributed by atoms with Crippen molar-refractivity contribution in [2.75, 3.05) is 36.4 Å². The summed E-state index contributed by atoms with van der Waals surface area (Å²) in [4.78, 5) is 30.3. The van der Waals surface area contributed by atoms with Gasteiger partial charge in [-0.15, -0.1) is 11.3 Å². The van der Waals surface area contributed by atoms with Gasteiger partial charge in [-0.25, -0.2) is 15.0 Å². The van der Waals surface area contributed by atoms with Crippen molar-refractivity contribution in [2.45, 2.75) is 33.4 Å². The summed E-state index contributed by atoms with van der Waals surface area (Å²) in [6.45, 7) is 10.3. The second kappa shape index (κ2) is 10.1. The van der Waals surface area contributed by atoms with Gasteiger partial charge in [0.25, 0.3) is 5.91 Å². The molecular weight excluding hydrogens is 424 g/mol. The van der Waals surface area contributed by atoms with Crippen LogP contribution in [0.25, 0.3) is 0 Å². The lowest BCUT2D eigenvalue weighted by Gasteiger charge is -2.35. The van der Waals surface area contributed by atoms with Crippen molar-refractivity contribution in [2.24, 2.45) is 0 Å². The number of piperazine rings is 1. The van der Waals surface area contributed by atoms with Crippen LogP contribution in [-0.2, 0) is 6.54 Å². The number of hydrogen-bond acceptors (Lipinski definition) is 8. The molecule has 1 amide bonds. The summed E-state index contributed by atoms with van der Waals surface area (Å²) in [5.74, 6) is 2.29. The largest absolute Gasteiger partial charge is 0.491 e. The van der Waals surface area contributed by atoms with Gasteiger partial charge in [0.05, 0.1) is 6.10 Å². The molecule has 9 heteroatoms. The van der Waals surface area contributed by atoms with E-state index in [1.165, 1.54) is 11.3 Å². The first-order valence-corrected chi connectivity index (χ1v) is 11.6. The molecule has 0 aliphatic carbocycles. The van der Waals surface area contributed by atoms with Crippen molar-refractivity contribution in [3.05, 3.63) is 59.0 Å². The Labute approximate surface area is 192 Å². The number of rotatable bonds is 7. The fourth-order valence-electron chi connectivity index (χ4n) is 3.69. The lowest BCUT2D eigenvalue weighted by Crippen LogP contribution is -2.46. The van der Waals surface area contributed by atoms with E-state index in [1.807, 2.05) is 50.5 Å². The molecule has 0 radical (unpaired) electrons. The number of ether oxygens (including phenoxy) is 1. The molecule has 0 unspecified atom stereocenters. The Morgan fingerprint density at radius 1 is 1.16 bits per heavy atom. The van der Waals surface area contributed by atoms with Crippen LogP contribution < -0.4 is 15.0 Å². The van der Waals surface area contributed by atoms with Crippen molar-refractivity contribution in [1.82, 2.24) is 19.9 Å². The fraction of sp³-hybridized carbons (Fsp3) is 0.391. The van der Waals surface area contributed by atoms with E-state index in [1.54, 1.807) is 12.3 Å². The van der Waals surface area contributed by atoms with Crippen molar-refractivity contribution < 1.29 is 9.53 Å². The predicted molar refractivity (Wildman–Crippen MR) is 127 cm³/mol. The molecule has 8 nitrogen and oxygen atoms in total.